The number of para-hydroxylation sites is 2. The summed E-state index contributed by atoms with van der Waals surface area (Å²) >= 11 is 2.74. The topological polar surface area (TPSA) is 120 Å². The van der Waals surface area contributed by atoms with Gasteiger partial charge in [-0.2, -0.15) is 5.10 Å². The number of aromatic nitrogens is 3. The molecule has 0 spiro atoms. The number of thiophene rings is 1. The maximum Gasteiger partial charge on any atom is 0.253 e. The van der Waals surface area contributed by atoms with Crippen molar-refractivity contribution in [3.8, 4) is 22.9 Å². The molecule has 1 aliphatic rings. The number of nitrogens with zero attached hydrogens (tertiary/aromatic N) is 5. The summed E-state index contributed by atoms with van der Waals surface area (Å²) in [5.41, 5.74) is 2.59. The molecular formula is C34H31FN6O5S2. The molecule has 0 aliphatic carbocycles. The van der Waals surface area contributed by atoms with E-state index < -0.39 is 0 Å². The van der Waals surface area contributed by atoms with Gasteiger partial charge in [0.2, 0.25) is 0 Å². The Kier molecular flexibility index (Phi) is 10.0. The van der Waals surface area contributed by atoms with Crippen LogP contribution in [-0.2, 0) is 11.3 Å². The standard InChI is InChI=1S/C34H31FN6O5S2/c1-44-27-8-5-4-7-25(27)40-31(19-36-33(43)22-12-15-28(45-2)29(17-22)46-3)37-38-34(40)48-20-32(42)41-26(21-10-13-23(35)14-11-21)18-24(39-41)30-9-6-16-47-30/h4-17,26H,18-20H2,1-3H3,(H,36,43). The minimum absolute atomic E-state index is 0.00972. The van der Waals surface area contributed by atoms with Crippen LogP contribution >= 0.6 is 23.1 Å². The summed E-state index contributed by atoms with van der Waals surface area (Å²) in [6.07, 6.45) is 0.504. The molecule has 246 valence electrons. The van der Waals surface area contributed by atoms with E-state index >= 15 is 0 Å². The minimum Gasteiger partial charge on any atom is -0.495 e. The van der Waals surface area contributed by atoms with Crippen LogP contribution in [0.3, 0.4) is 0 Å². The molecule has 48 heavy (non-hydrogen) atoms. The average Bonchev–Trinajstić information content (AvgIpc) is 3.90. The van der Waals surface area contributed by atoms with Gasteiger partial charge in [-0.15, -0.1) is 21.5 Å². The van der Waals surface area contributed by atoms with E-state index in [-0.39, 0.29) is 36.0 Å². The first-order chi connectivity index (χ1) is 23.4. The molecule has 0 radical (unpaired) electrons. The van der Waals surface area contributed by atoms with E-state index in [0.29, 0.717) is 45.9 Å². The van der Waals surface area contributed by atoms with Crippen LogP contribution in [0.25, 0.3) is 5.69 Å². The van der Waals surface area contributed by atoms with E-state index in [9.17, 15) is 14.0 Å². The molecule has 0 saturated carbocycles. The molecule has 0 bridgehead atoms. The van der Waals surface area contributed by atoms with Crippen molar-refractivity contribution in [1.29, 1.82) is 0 Å². The number of hydrogen-bond donors (Lipinski definition) is 1. The number of halogens is 1. The summed E-state index contributed by atoms with van der Waals surface area (Å²) in [5, 5.41) is 20.2. The lowest BCUT2D eigenvalue weighted by atomic mass is 10.0. The number of hydrazone groups is 1. The van der Waals surface area contributed by atoms with Crippen LogP contribution < -0.4 is 19.5 Å². The molecule has 1 atom stereocenters. The second-order valence-corrected chi connectivity index (χ2v) is 12.4. The van der Waals surface area contributed by atoms with E-state index in [4.69, 9.17) is 19.3 Å². The van der Waals surface area contributed by atoms with Gasteiger partial charge in [0.1, 0.15) is 11.6 Å². The van der Waals surface area contributed by atoms with Crippen molar-refractivity contribution in [1.82, 2.24) is 25.1 Å². The van der Waals surface area contributed by atoms with Crippen molar-refractivity contribution in [2.24, 2.45) is 5.10 Å². The highest BCUT2D eigenvalue weighted by atomic mass is 32.2. The maximum absolute atomic E-state index is 13.8. The number of thioether (sulfide) groups is 1. The summed E-state index contributed by atoms with van der Waals surface area (Å²) in [5.74, 6) is 0.949. The van der Waals surface area contributed by atoms with Gasteiger partial charge in [-0.1, -0.05) is 42.1 Å². The van der Waals surface area contributed by atoms with Crippen LogP contribution in [0.15, 0.2) is 94.5 Å². The number of benzene rings is 3. The number of ether oxygens (including phenoxy) is 3. The van der Waals surface area contributed by atoms with Crippen LogP contribution in [0.1, 0.15) is 39.1 Å². The van der Waals surface area contributed by atoms with Gasteiger partial charge in [0.15, 0.2) is 22.5 Å². The van der Waals surface area contributed by atoms with E-state index in [1.807, 2.05) is 35.7 Å². The van der Waals surface area contributed by atoms with Crippen LogP contribution in [0, 0.1) is 5.82 Å². The van der Waals surface area contributed by atoms with Crippen LogP contribution in [0.2, 0.25) is 0 Å². The van der Waals surface area contributed by atoms with E-state index in [0.717, 1.165) is 16.2 Å². The van der Waals surface area contributed by atoms with Gasteiger partial charge in [-0.3, -0.25) is 14.2 Å². The van der Waals surface area contributed by atoms with E-state index in [1.54, 1.807) is 59.4 Å². The van der Waals surface area contributed by atoms with Gasteiger partial charge in [0.05, 0.1) is 55.9 Å². The minimum atomic E-state index is -0.384. The molecule has 1 N–H and O–H groups in total. The van der Waals surface area contributed by atoms with Crippen molar-refractivity contribution in [3.05, 3.63) is 112 Å². The molecule has 3 aromatic carbocycles. The number of carbonyl (C=O) groups excluding carboxylic acids is 2. The Morgan fingerprint density at radius 1 is 0.938 bits per heavy atom. The molecule has 1 unspecified atom stereocenters. The van der Waals surface area contributed by atoms with E-state index in [2.05, 4.69) is 15.5 Å². The van der Waals surface area contributed by atoms with Crippen LogP contribution in [0.5, 0.6) is 17.2 Å². The number of nitrogens with one attached hydrogen (secondary N) is 1. The third-order valence-electron chi connectivity index (χ3n) is 7.63. The number of carbonyl (C=O) groups is 2. The first-order valence-electron chi connectivity index (χ1n) is 14.8. The van der Waals surface area contributed by atoms with Gasteiger partial charge < -0.3 is 19.5 Å². The smallest absolute Gasteiger partial charge is 0.253 e. The van der Waals surface area contributed by atoms with Gasteiger partial charge in [-0.05, 0) is 59.5 Å². The lowest BCUT2D eigenvalue weighted by Crippen LogP contribution is -2.28. The molecule has 3 heterocycles. The third-order valence-corrected chi connectivity index (χ3v) is 9.46. The lowest BCUT2D eigenvalue weighted by Gasteiger charge is -2.22. The average molecular weight is 687 g/mol. The van der Waals surface area contributed by atoms with E-state index in [1.165, 1.54) is 43.1 Å². The second kappa shape index (κ2) is 14.7. The molecule has 1 aliphatic heterocycles. The van der Waals surface area contributed by atoms with Crippen molar-refractivity contribution in [3.63, 3.8) is 0 Å². The van der Waals surface area contributed by atoms with Gasteiger partial charge in [-0.25, -0.2) is 9.40 Å². The fourth-order valence-corrected chi connectivity index (χ4v) is 6.81. The molecule has 2 amide bonds. The monoisotopic (exact) mass is 686 g/mol. The SMILES string of the molecule is COc1ccc(C(=O)NCc2nnc(SCC(=O)N3N=C(c4cccs4)CC3c3ccc(F)cc3)n2-c2ccccc2OC)cc1OC. The number of rotatable bonds is 12. The summed E-state index contributed by atoms with van der Waals surface area (Å²) < 4.78 is 31.7. The van der Waals surface area contributed by atoms with Gasteiger partial charge in [0.25, 0.3) is 11.8 Å². The first kappa shape index (κ1) is 32.7. The Morgan fingerprint density at radius 3 is 2.44 bits per heavy atom. The van der Waals surface area contributed by atoms with Crippen molar-refractivity contribution < 1.29 is 28.2 Å². The zero-order chi connectivity index (χ0) is 33.6. The normalized spacial score (nSPS) is 14.0. The highest BCUT2D eigenvalue weighted by Crippen LogP contribution is 2.35. The fraction of sp³-hybridized carbons (Fsp3) is 0.206. The summed E-state index contributed by atoms with van der Waals surface area (Å²) in [6, 6.07) is 21.9. The first-order valence-corrected chi connectivity index (χ1v) is 16.7. The molecule has 14 heteroatoms. The predicted molar refractivity (Wildman–Crippen MR) is 181 cm³/mol. The summed E-state index contributed by atoms with van der Waals surface area (Å²) in [7, 11) is 4.58. The second-order valence-electron chi connectivity index (χ2n) is 10.5. The number of hydrogen-bond acceptors (Lipinski definition) is 10. The fourth-order valence-electron chi connectivity index (χ4n) is 5.27. The molecule has 6 rings (SSSR count). The van der Waals surface area contributed by atoms with Gasteiger partial charge in [0, 0.05) is 12.0 Å². The quantitative estimate of drug-likeness (QED) is 0.161. The van der Waals surface area contributed by atoms with Crippen LogP contribution in [-0.4, -0.2) is 64.4 Å². The Bertz CT molecular complexity index is 1950. The number of methoxy groups -OCH3 is 3. The zero-order valence-electron chi connectivity index (χ0n) is 26.3. The third kappa shape index (κ3) is 6.89. The van der Waals surface area contributed by atoms with Crippen molar-refractivity contribution in [2.75, 3.05) is 27.1 Å². The molecular weight excluding hydrogens is 656 g/mol. The molecule has 0 saturated heterocycles. The highest BCUT2D eigenvalue weighted by molar-refractivity contribution is 7.99. The van der Waals surface area contributed by atoms with Crippen LogP contribution in [0.4, 0.5) is 4.39 Å². The maximum atomic E-state index is 13.8. The van der Waals surface area contributed by atoms with Gasteiger partial charge >= 0.3 is 0 Å². The Balaban J connectivity index is 1.25. The zero-order valence-corrected chi connectivity index (χ0v) is 27.9. The number of amides is 2. The Hall–Kier alpha value is -5.21. The predicted octanol–water partition coefficient (Wildman–Crippen LogP) is 5.89. The Labute approximate surface area is 284 Å². The Morgan fingerprint density at radius 2 is 1.71 bits per heavy atom. The summed E-state index contributed by atoms with van der Waals surface area (Å²) in [4.78, 5) is 27.9. The summed E-state index contributed by atoms with van der Waals surface area (Å²) in [6.45, 7) is 0.0277. The molecule has 11 nitrogen and oxygen atoms in total. The molecule has 5 aromatic rings. The molecule has 0 fully saturated rings. The molecule has 2 aromatic heterocycles. The van der Waals surface area contributed by atoms with Crippen molar-refractivity contribution >= 4 is 40.6 Å². The highest BCUT2D eigenvalue weighted by Gasteiger charge is 2.34. The largest absolute Gasteiger partial charge is 0.495 e. The lowest BCUT2D eigenvalue weighted by molar-refractivity contribution is -0.130. The van der Waals surface area contributed by atoms with Crippen molar-refractivity contribution in [2.45, 2.75) is 24.2 Å².